The van der Waals surface area contributed by atoms with Gasteiger partial charge in [-0.1, -0.05) is 18.2 Å². The van der Waals surface area contributed by atoms with Crippen molar-refractivity contribution in [1.29, 1.82) is 0 Å². The number of nitrogens with zero attached hydrogens (tertiary/aromatic N) is 1. The molecule has 0 bridgehead atoms. The van der Waals surface area contributed by atoms with Crippen molar-refractivity contribution in [3.05, 3.63) is 66.5 Å². The molecule has 3 aromatic rings. The third-order valence-corrected chi connectivity index (χ3v) is 3.85. The Kier molecular flexibility index (Phi) is 3.67. The molecule has 0 spiro atoms. The van der Waals surface area contributed by atoms with E-state index in [1.807, 2.05) is 42.6 Å². The van der Waals surface area contributed by atoms with E-state index in [1.165, 1.54) is 0 Å². The first kappa shape index (κ1) is 14.4. The molecule has 2 heterocycles. The van der Waals surface area contributed by atoms with Gasteiger partial charge < -0.3 is 19.9 Å². The summed E-state index contributed by atoms with van der Waals surface area (Å²) in [5.74, 6) is 1.79. The number of fused-ring (bicyclic) bond motifs is 1. The van der Waals surface area contributed by atoms with E-state index in [-0.39, 0.29) is 12.5 Å². The number of hydrogen-bond acceptors (Lipinski definition) is 5. The van der Waals surface area contributed by atoms with Crippen LogP contribution in [0.4, 0.5) is 5.69 Å². The number of phenols is 1. The van der Waals surface area contributed by atoms with Crippen LogP contribution >= 0.6 is 0 Å². The summed E-state index contributed by atoms with van der Waals surface area (Å²) in [5.41, 5.74) is 3.93. The summed E-state index contributed by atoms with van der Waals surface area (Å²) in [6, 6.07) is 15.1. The number of nitrogens with one attached hydrogen (secondary N) is 1. The first-order valence-corrected chi connectivity index (χ1v) is 7.65. The standard InChI is InChI=1S/C19H16N2O3/c22-17-3-1-2-13(6-17)9-21-16-7-15(10-20-11-16)14-4-5-18-19(8-14)24-12-23-18/h1-8,10-11,21-22H,9,12H2. The first-order chi connectivity index (χ1) is 11.8. The van der Waals surface area contributed by atoms with Gasteiger partial charge in [-0.05, 0) is 41.5 Å². The van der Waals surface area contributed by atoms with E-state index in [4.69, 9.17) is 9.47 Å². The van der Waals surface area contributed by atoms with Crippen molar-refractivity contribution >= 4 is 5.69 Å². The summed E-state index contributed by atoms with van der Waals surface area (Å²) in [5, 5.41) is 12.8. The number of benzene rings is 2. The second-order valence-corrected chi connectivity index (χ2v) is 5.55. The Hall–Kier alpha value is -3.21. The highest BCUT2D eigenvalue weighted by molar-refractivity contribution is 5.69. The minimum absolute atomic E-state index is 0.265. The maximum absolute atomic E-state index is 9.52. The van der Waals surface area contributed by atoms with Gasteiger partial charge in [0.1, 0.15) is 5.75 Å². The van der Waals surface area contributed by atoms with Crippen LogP contribution < -0.4 is 14.8 Å². The maximum Gasteiger partial charge on any atom is 0.231 e. The van der Waals surface area contributed by atoms with Gasteiger partial charge in [-0.2, -0.15) is 0 Å². The van der Waals surface area contributed by atoms with Crippen LogP contribution in [-0.2, 0) is 6.54 Å². The smallest absolute Gasteiger partial charge is 0.231 e. The minimum atomic E-state index is 0.265. The lowest BCUT2D eigenvalue weighted by Gasteiger charge is -2.09. The molecule has 0 saturated heterocycles. The molecule has 0 atom stereocenters. The van der Waals surface area contributed by atoms with Gasteiger partial charge >= 0.3 is 0 Å². The van der Waals surface area contributed by atoms with E-state index >= 15 is 0 Å². The van der Waals surface area contributed by atoms with Crippen molar-refractivity contribution in [1.82, 2.24) is 4.98 Å². The summed E-state index contributed by atoms with van der Waals surface area (Å²) in [6.07, 6.45) is 3.59. The molecule has 1 aromatic heterocycles. The van der Waals surface area contributed by atoms with Crippen LogP contribution in [0.15, 0.2) is 60.9 Å². The lowest BCUT2D eigenvalue weighted by Crippen LogP contribution is -1.99. The summed E-state index contributed by atoms with van der Waals surface area (Å²) in [7, 11) is 0. The zero-order chi connectivity index (χ0) is 16.4. The van der Waals surface area contributed by atoms with E-state index in [0.717, 1.165) is 33.9 Å². The average molecular weight is 320 g/mol. The maximum atomic E-state index is 9.52. The molecule has 5 heteroatoms. The number of ether oxygens (including phenoxy) is 2. The lowest BCUT2D eigenvalue weighted by atomic mass is 10.1. The molecule has 0 aliphatic carbocycles. The van der Waals surface area contributed by atoms with E-state index < -0.39 is 0 Å². The normalized spacial score (nSPS) is 12.2. The summed E-state index contributed by atoms with van der Waals surface area (Å²) < 4.78 is 10.8. The van der Waals surface area contributed by atoms with Gasteiger partial charge in [0.05, 0.1) is 5.69 Å². The highest BCUT2D eigenvalue weighted by Crippen LogP contribution is 2.36. The minimum Gasteiger partial charge on any atom is -0.508 e. The largest absolute Gasteiger partial charge is 0.508 e. The molecule has 0 fully saturated rings. The summed E-state index contributed by atoms with van der Waals surface area (Å²) >= 11 is 0. The molecule has 24 heavy (non-hydrogen) atoms. The predicted molar refractivity (Wildman–Crippen MR) is 91.2 cm³/mol. The molecular weight excluding hydrogens is 304 g/mol. The molecule has 120 valence electrons. The SMILES string of the molecule is Oc1cccc(CNc2cncc(-c3ccc4c(c3)OCO4)c2)c1. The fraction of sp³-hybridized carbons (Fsp3) is 0.105. The molecule has 0 radical (unpaired) electrons. The van der Waals surface area contributed by atoms with Gasteiger partial charge in [-0.3, -0.25) is 4.98 Å². The highest BCUT2D eigenvalue weighted by Gasteiger charge is 2.14. The molecule has 2 aromatic carbocycles. The van der Waals surface area contributed by atoms with Crippen LogP contribution in [-0.4, -0.2) is 16.9 Å². The summed E-state index contributed by atoms with van der Waals surface area (Å²) in [4.78, 5) is 4.30. The molecule has 0 saturated carbocycles. The zero-order valence-electron chi connectivity index (χ0n) is 12.9. The van der Waals surface area contributed by atoms with Gasteiger partial charge in [0.25, 0.3) is 0 Å². The van der Waals surface area contributed by atoms with Gasteiger partial charge in [0.2, 0.25) is 6.79 Å². The monoisotopic (exact) mass is 320 g/mol. The highest BCUT2D eigenvalue weighted by atomic mass is 16.7. The molecule has 1 aliphatic heterocycles. The van der Waals surface area contributed by atoms with Crippen molar-refractivity contribution in [2.75, 3.05) is 12.1 Å². The number of phenolic OH excluding ortho intramolecular Hbond substituents is 1. The Labute approximate surface area is 139 Å². The van der Waals surface area contributed by atoms with E-state index in [1.54, 1.807) is 18.3 Å². The second kappa shape index (κ2) is 6.12. The molecule has 1 aliphatic rings. The lowest BCUT2D eigenvalue weighted by molar-refractivity contribution is 0.174. The third-order valence-electron chi connectivity index (χ3n) is 3.85. The number of rotatable bonds is 4. The van der Waals surface area contributed by atoms with Crippen LogP contribution in [0.5, 0.6) is 17.2 Å². The van der Waals surface area contributed by atoms with Crippen LogP contribution in [0, 0.1) is 0 Å². The van der Waals surface area contributed by atoms with Crippen molar-refractivity contribution in [2.45, 2.75) is 6.54 Å². The molecule has 5 nitrogen and oxygen atoms in total. The topological polar surface area (TPSA) is 63.6 Å². The number of anilines is 1. The zero-order valence-corrected chi connectivity index (χ0v) is 12.9. The fourth-order valence-electron chi connectivity index (χ4n) is 2.64. The first-order valence-electron chi connectivity index (χ1n) is 7.65. The Balaban J connectivity index is 1.53. The predicted octanol–water partition coefficient (Wildman–Crippen LogP) is 3.80. The quantitative estimate of drug-likeness (QED) is 0.765. The van der Waals surface area contributed by atoms with Crippen molar-refractivity contribution < 1.29 is 14.6 Å². The average Bonchev–Trinajstić information content (AvgIpc) is 3.08. The van der Waals surface area contributed by atoms with E-state index in [2.05, 4.69) is 10.3 Å². The number of pyridine rings is 1. The number of aromatic nitrogens is 1. The Morgan fingerprint density at radius 1 is 0.958 bits per heavy atom. The number of aromatic hydroxyl groups is 1. The van der Waals surface area contributed by atoms with Crippen molar-refractivity contribution in [3.8, 4) is 28.4 Å². The van der Waals surface area contributed by atoms with Crippen LogP contribution in [0.2, 0.25) is 0 Å². The molecule has 0 amide bonds. The number of hydrogen-bond donors (Lipinski definition) is 2. The van der Waals surface area contributed by atoms with E-state index in [9.17, 15) is 5.11 Å². The van der Waals surface area contributed by atoms with Crippen LogP contribution in [0.3, 0.4) is 0 Å². The van der Waals surface area contributed by atoms with Crippen LogP contribution in [0.1, 0.15) is 5.56 Å². The summed E-state index contributed by atoms with van der Waals surface area (Å²) in [6.45, 7) is 0.878. The Bertz CT molecular complexity index is 880. The van der Waals surface area contributed by atoms with Crippen molar-refractivity contribution in [3.63, 3.8) is 0 Å². The second-order valence-electron chi connectivity index (χ2n) is 5.55. The van der Waals surface area contributed by atoms with Gasteiger partial charge in [0.15, 0.2) is 11.5 Å². The van der Waals surface area contributed by atoms with Gasteiger partial charge in [-0.25, -0.2) is 0 Å². The van der Waals surface area contributed by atoms with Crippen molar-refractivity contribution in [2.24, 2.45) is 0 Å². The Morgan fingerprint density at radius 2 is 1.88 bits per heavy atom. The third kappa shape index (κ3) is 2.96. The van der Waals surface area contributed by atoms with E-state index in [0.29, 0.717) is 6.54 Å². The van der Waals surface area contributed by atoms with Gasteiger partial charge in [0, 0.05) is 24.5 Å². The molecule has 4 rings (SSSR count). The fourth-order valence-corrected chi connectivity index (χ4v) is 2.64. The van der Waals surface area contributed by atoms with Crippen LogP contribution in [0.25, 0.3) is 11.1 Å². The molecular formula is C19H16N2O3. The molecule has 0 unspecified atom stereocenters. The van der Waals surface area contributed by atoms with Gasteiger partial charge in [-0.15, -0.1) is 0 Å². The Morgan fingerprint density at radius 3 is 2.79 bits per heavy atom. The molecule has 2 N–H and O–H groups in total.